The van der Waals surface area contributed by atoms with Crippen molar-refractivity contribution in [1.29, 1.82) is 0 Å². The van der Waals surface area contributed by atoms with E-state index in [1.54, 1.807) is 18.2 Å². The molecule has 0 aromatic heterocycles. The van der Waals surface area contributed by atoms with Gasteiger partial charge in [-0.25, -0.2) is 4.39 Å². The van der Waals surface area contributed by atoms with Crippen molar-refractivity contribution in [2.75, 3.05) is 11.1 Å². The first-order valence-electron chi connectivity index (χ1n) is 4.84. The standard InChI is InChI=1S/C12H9Cl2FN2/c13-8-2-1-3-9(14)12(8)17-11-5-4-7(15)6-10(11)16/h1-6,17H,16H2. The monoisotopic (exact) mass is 270 g/mol. The van der Waals surface area contributed by atoms with Gasteiger partial charge in [-0.1, -0.05) is 29.3 Å². The average Bonchev–Trinajstić information content (AvgIpc) is 2.26. The maximum Gasteiger partial charge on any atom is 0.125 e. The summed E-state index contributed by atoms with van der Waals surface area (Å²) in [5, 5.41) is 3.93. The third-order valence-corrected chi connectivity index (χ3v) is 2.87. The molecule has 0 radical (unpaired) electrons. The summed E-state index contributed by atoms with van der Waals surface area (Å²) < 4.78 is 12.9. The van der Waals surface area contributed by atoms with Gasteiger partial charge in [-0.2, -0.15) is 0 Å². The van der Waals surface area contributed by atoms with Crippen LogP contribution in [0.5, 0.6) is 0 Å². The molecule has 3 N–H and O–H groups in total. The quantitative estimate of drug-likeness (QED) is 0.791. The minimum Gasteiger partial charge on any atom is -0.397 e. The fraction of sp³-hybridized carbons (Fsp3) is 0. The van der Waals surface area contributed by atoms with E-state index in [-0.39, 0.29) is 0 Å². The molecule has 88 valence electrons. The first-order chi connectivity index (χ1) is 8.08. The Labute approximate surface area is 108 Å². The van der Waals surface area contributed by atoms with E-state index in [1.807, 2.05) is 0 Å². The summed E-state index contributed by atoms with van der Waals surface area (Å²) in [6, 6.07) is 9.22. The SMILES string of the molecule is Nc1cc(F)ccc1Nc1c(Cl)cccc1Cl. The fourth-order valence-corrected chi connectivity index (χ4v) is 1.89. The smallest absolute Gasteiger partial charge is 0.125 e. The molecule has 0 fully saturated rings. The summed E-state index contributed by atoms with van der Waals surface area (Å²) >= 11 is 12.0. The normalized spacial score (nSPS) is 10.3. The number of halogens is 3. The van der Waals surface area contributed by atoms with Gasteiger partial charge in [0.2, 0.25) is 0 Å². The molecule has 17 heavy (non-hydrogen) atoms. The molecule has 0 spiro atoms. The Morgan fingerprint density at radius 3 is 2.29 bits per heavy atom. The van der Waals surface area contributed by atoms with E-state index in [4.69, 9.17) is 28.9 Å². The zero-order valence-corrected chi connectivity index (χ0v) is 10.2. The summed E-state index contributed by atoms with van der Waals surface area (Å²) in [6.07, 6.45) is 0. The van der Waals surface area contributed by atoms with Crippen molar-refractivity contribution in [3.63, 3.8) is 0 Å². The number of nitrogens with two attached hydrogens (primary N) is 1. The highest BCUT2D eigenvalue weighted by atomic mass is 35.5. The molecule has 0 atom stereocenters. The molecule has 0 aliphatic heterocycles. The van der Waals surface area contributed by atoms with Gasteiger partial charge in [0.05, 0.1) is 27.1 Å². The van der Waals surface area contributed by atoms with Gasteiger partial charge >= 0.3 is 0 Å². The number of nitrogens with one attached hydrogen (secondary N) is 1. The minimum atomic E-state index is -0.390. The molecule has 5 heteroatoms. The Bertz CT molecular complexity index is 538. The van der Waals surface area contributed by atoms with Gasteiger partial charge < -0.3 is 11.1 Å². The molecule has 0 aliphatic carbocycles. The van der Waals surface area contributed by atoms with Crippen LogP contribution in [-0.4, -0.2) is 0 Å². The van der Waals surface area contributed by atoms with E-state index in [0.717, 1.165) is 0 Å². The number of hydrogen-bond acceptors (Lipinski definition) is 2. The number of hydrogen-bond donors (Lipinski definition) is 2. The summed E-state index contributed by atoms with van der Waals surface area (Å²) in [7, 11) is 0. The third-order valence-electron chi connectivity index (χ3n) is 2.24. The van der Waals surface area contributed by atoms with Crippen molar-refractivity contribution >= 4 is 40.3 Å². The number of nitrogen functional groups attached to an aromatic ring is 1. The molecule has 2 nitrogen and oxygen atoms in total. The first kappa shape index (κ1) is 12.0. The number of anilines is 3. The van der Waals surface area contributed by atoms with Crippen LogP contribution in [0.15, 0.2) is 36.4 Å². The molecule has 0 aliphatic rings. The lowest BCUT2D eigenvalue weighted by molar-refractivity contribution is 0.628. The van der Waals surface area contributed by atoms with Crippen LogP contribution in [0.3, 0.4) is 0 Å². The maximum atomic E-state index is 12.9. The van der Waals surface area contributed by atoms with E-state index in [1.165, 1.54) is 18.2 Å². The van der Waals surface area contributed by atoms with Crippen molar-refractivity contribution in [2.45, 2.75) is 0 Å². The van der Waals surface area contributed by atoms with Crippen LogP contribution < -0.4 is 11.1 Å². The van der Waals surface area contributed by atoms with Crippen LogP contribution in [0.25, 0.3) is 0 Å². The maximum absolute atomic E-state index is 12.9. The number of rotatable bonds is 2. The number of benzene rings is 2. The lowest BCUT2D eigenvalue weighted by Crippen LogP contribution is -1.98. The molecular weight excluding hydrogens is 262 g/mol. The van der Waals surface area contributed by atoms with Crippen LogP contribution in [0, 0.1) is 5.82 Å². The molecule has 0 saturated carbocycles. The van der Waals surface area contributed by atoms with Gasteiger partial charge in [-0.15, -0.1) is 0 Å². The highest BCUT2D eigenvalue weighted by Crippen LogP contribution is 2.34. The van der Waals surface area contributed by atoms with Crippen LogP contribution >= 0.6 is 23.2 Å². The molecule has 2 aromatic carbocycles. The summed E-state index contributed by atoms with van der Waals surface area (Å²) in [4.78, 5) is 0. The van der Waals surface area contributed by atoms with Gasteiger partial charge in [0.15, 0.2) is 0 Å². The third kappa shape index (κ3) is 2.62. The van der Waals surface area contributed by atoms with E-state index in [0.29, 0.717) is 27.1 Å². The van der Waals surface area contributed by atoms with Crippen molar-refractivity contribution in [2.24, 2.45) is 0 Å². The van der Waals surface area contributed by atoms with Crippen LogP contribution in [0.4, 0.5) is 21.5 Å². The Hall–Kier alpha value is -1.45. The fourth-order valence-electron chi connectivity index (χ4n) is 1.40. The van der Waals surface area contributed by atoms with Gasteiger partial charge in [-0.3, -0.25) is 0 Å². The van der Waals surface area contributed by atoms with Crippen LogP contribution in [0.2, 0.25) is 10.0 Å². The molecule has 0 unspecified atom stereocenters. The van der Waals surface area contributed by atoms with E-state index in [2.05, 4.69) is 5.32 Å². The molecule has 0 heterocycles. The predicted molar refractivity (Wildman–Crippen MR) is 70.6 cm³/mol. The molecule has 2 aromatic rings. The van der Waals surface area contributed by atoms with Gasteiger partial charge in [0.25, 0.3) is 0 Å². The Morgan fingerprint density at radius 2 is 1.71 bits per heavy atom. The summed E-state index contributed by atoms with van der Waals surface area (Å²) in [5.41, 5.74) is 7.08. The van der Waals surface area contributed by atoms with Gasteiger partial charge in [0, 0.05) is 0 Å². The molecular formula is C12H9Cl2FN2. The highest BCUT2D eigenvalue weighted by Gasteiger charge is 2.07. The largest absolute Gasteiger partial charge is 0.397 e. The molecule has 0 saturated heterocycles. The van der Waals surface area contributed by atoms with E-state index < -0.39 is 5.82 Å². The Kier molecular flexibility index (Phi) is 3.41. The minimum absolute atomic E-state index is 0.293. The Morgan fingerprint density at radius 1 is 1.06 bits per heavy atom. The van der Waals surface area contributed by atoms with Crippen molar-refractivity contribution in [3.8, 4) is 0 Å². The van der Waals surface area contributed by atoms with Gasteiger partial charge in [-0.05, 0) is 30.3 Å². The first-order valence-corrected chi connectivity index (χ1v) is 5.59. The van der Waals surface area contributed by atoms with Crippen LogP contribution in [0.1, 0.15) is 0 Å². The van der Waals surface area contributed by atoms with E-state index >= 15 is 0 Å². The molecule has 2 rings (SSSR count). The average molecular weight is 271 g/mol. The summed E-state index contributed by atoms with van der Waals surface area (Å²) in [6.45, 7) is 0. The second-order valence-electron chi connectivity index (χ2n) is 3.45. The second kappa shape index (κ2) is 4.82. The predicted octanol–water partition coefficient (Wildman–Crippen LogP) is 4.46. The second-order valence-corrected chi connectivity index (χ2v) is 4.27. The highest BCUT2D eigenvalue weighted by molar-refractivity contribution is 6.39. The van der Waals surface area contributed by atoms with Crippen molar-refractivity contribution < 1.29 is 4.39 Å². The van der Waals surface area contributed by atoms with Crippen LogP contribution in [-0.2, 0) is 0 Å². The number of para-hydroxylation sites is 1. The lowest BCUT2D eigenvalue weighted by atomic mass is 10.2. The summed E-state index contributed by atoms with van der Waals surface area (Å²) in [5.74, 6) is -0.390. The lowest BCUT2D eigenvalue weighted by Gasteiger charge is -2.12. The van der Waals surface area contributed by atoms with Crippen molar-refractivity contribution in [1.82, 2.24) is 0 Å². The van der Waals surface area contributed by atoms with Gasteiger partial charge in [0.1, 0.15) is 5.82 Å². The zero-order chi connectivity index (χ0) is 12.4. The Balaban J connectivity index is 2.38. The van der Waals surface area contributed by atoms with E-state index in [9.17, 15) is 4.39 Å². The molecule has 0 amide bonds. The molecule has 0 bridgehead atoms. The zero-order valence-electron chi connectivity index (χ0n) is 8.68. The van der Waals surface area contributed by atoms with Crippen molar-refractivity contribution in [3.05, 3.63) is 52.3 Å². The topological polar surface area (TPSA) is 38.0 Å².